The van der Waals surface area contributed by atoms with E-state index in [9.17, 15) is 0 Å². The van der Waals surface area contributed by atoms with Crippen LogP contribution in [0.25, 0.3) is 0 Å². The lowest BCUT2D eigenvalue weighted by Crippen LogP contribution is -2.26. The maximum absolute atomic E-state index is 2.37. The fourth-order valence-corrected chi connectivity index (χ4v) is 6.06. The summed E-state index contributed by atoms with van der Waals surface area (Å²) in [6, 6.07) is 0. The van der Waals surface area contributed by atoms with E-state index in [0.717, 1.165) is 10.5 Å². The van der Waals surface area contributed by atoms with Crippen molar-refractivity contribution in [3.8, 4) is 0 Å². The molecule has 0 aliphatic carbocycles. The Hall–Kier alpha value is 0.700. The van der Waals surface area contributed by atoms with Gasteiger partial charge < -0.3 is 0 Å². The molecule has 1 saturated heterocycles. The molecule has 2 heteroatoms. The number of rotatable bonds is 2. The van der Waals surface area contributed by atoms with Gasteiger partial charge in [-0.05, 0) is 23.7 Å². The van der Waals surface area contributed by atoms with Crippen LogP contribution in [-0.2, 0) is 0 Å². The second kappa shape index (κ2) is 4.91. The first kappa shape index (κ1) is 13.8. The SMILES string of the molecule is CC(C)(C)C[C@H]1SCS[C@@H]1CC(C)(C)C. The van der Waals surface area contributed by atoms with Gasteiger partial charge in [0.15, 0.2) is 0 Å². The molecule has 0 aromatic carbocycles. The van der Waals surface area contributed by atoms with E-state index in [0.29, 0.717) is 10.8 Å². The topological polar surface area (TPSA) is 0 Å². The maximum atomic E-state index is 2.37. The van der Waals surface area contributed by atoms with Gasteiger partial charge in [0, 0.05) is 15.6 Å². The van der Waals surface area contributed by atoms with Crippen LogP contribution in [-0.4, -0.2) is 15.6 Å². The van der Waals surface area contributed by atoms with Crippen molar-refractivity contribution in [3.63, 3.8) is 0 Å². The number of thioether (sulfide) groups is 2. The van der Waals surface area contributed by atoms with Crippen molar-refractivity contribution in [1.29, 1.82) is 0 Å². The smallest absolute Gasteiger partial charge is 0.0398 e. The van der Waals surface area contributed by atoms with Gasteiger partial charge in [0.25, 0.3) is 0 Å². The van der Waals surface area contributed by atoms with E-state index in [-0.39, 0.29) is 0 Å². The van der Waals surface area contributed by atoms with Crippen molar-refractivity contribution in [2.24, 2.45) is 10.8 Å². The minimum atomic E-state index is 0.485. The third-order valence-corrected chi connectivity index (χ3v) is 5.71. The minimum Gasteiger partial charge on any atom is -0.146 e. The standard InChI is InChI=1S/C13H26S2/c1-12(2,3)7-10-11(15-9-14-10)8-13(4,5)6/h10-11H,7-9H2,1-6H3/t10-,11-/m1/s1. The highest BCUT2D eigenvalue weighted by molar-refractivity contribution is 8.19. The molecule has 0 unspecified atom stereocenters. The van der Waals surface area contributed by atoms with E-state index in [4.69, 9.17) is 0 Å². The summed E-state index contributed by atoms with van der Waals surface area (Å²) < 4.78 is 0. The van der Waals surface area contributed by atoms with Crippen LogP contribution < -0.4 is 0 Å². The highest BCUT2D eigenvalue weighted by Gasteiger charge is 2.34. The highest BCUT2D eigenvalue weighted by atomic mass is 32.2. The molecule has 0 amide bonds. The molecule has 1 heterocycles. The Labute approximate surface area is 104 Å². The van der Waals surface area contributed by atoms with Gasteiger partial charge >= 0.3 is 0 Å². The predicted molar refractivity (Wildman–Crippen MR) is 75.8 cm³/mol. The van der Waals surface area contributed by atoms with Gasteiger partial charge in [0.2, 0.25) is 0 Å². The van der Waals surface area contributed by atoms with Gasteiger partial charge in [-0.1, -0.05) is 41.5 Å². The Balaban J connectivity index is 2.50. The fourth-order valence-electron chi connectivity index (χ4n) is 2.02. The molecule has 0 aromatic heterocycles. The summed E-state index contributed by atoms with van der Waals surface area (Å²) in [6.07, 6.45) is 2.73. The van der Waals surface area contributed by atoms with Crippen LogP contribution in [0.5, 0.6) is 0 Å². The zero-order valence-electron chi connectivity index (χ0n) is 11.1. The zero-order valence-corrected chi connectivity index (χ0v) is 12.7. The van der Waals surface area contributed by atoms with Gasteiger partial charge in [0.05, 0.1) is 0 Å². The molecule has 1 aliphatic heterocycles. The predicted octanol–water partition coefficient (Wildman–Crippen LogP) is 5.03. The summed E-state index contributed by atoms with van der Waals surface area (Å²) in [4.78, 5) is 0. The summed E-state index contributed by atoms with van der Waals surface area (Å²) in [5.74, 6) is 0. The molecule has 90 valence electrons. The van der Waals surface area contributed by atoms with E-state index in [2.05, 4.69) is 65.1 Å². The molecule has 1 aliphatic rings. The molecule has 0 bridgehead atoms. The second-order valence-electron chi connectivity index (χ2n) is 7.06. The summed E-state index contributed by atoms with van der Waals surface area (Å²) in [6.45, 7) is 14.2. The second-order valence-corrected chi connectivity index (χ2v) is 9.88. The summed E-state index contributed by atoms with van der Waals surface area (Å²) >= 11 is 4.36. The summed E-state index contributed by atoms with van der Waals surface area (Å²) in [5, 5.41) is 3.07. The van der Waals surface area contributed by atoms with E-state index >= 15 is 0 Å². The van der Waals surface area contributed by atoms with Crippen LogP contribution in [0.1, 0.15) is 54.4 Å². The van der Waals surface area contributed by atoms with Crippen molar-refractivity contribution in [3.05, 3.63) is 0 Å². The van der Waals surface area contributed by atoms with Crippen LogP contribution in [0, 0.1) is 10.8 Å². The first-order valence-corrected chi connectivity index (χ1v) is 8.00. The third-order valence-electron chi connectivity index (χ3n) is 2.61. The Morgan fingerprint density at radius 2 is 1.13 bits per heavy atom. The van der Waals surface area contributed by atoms with Crippen LogP contribution in [0.15, 0.2) is 0 Å². The summed E-state index contributed by atoms with van der Waals surface area (Å²) in [7, 11) is 0. The van der Waals surface area contributed by atoms with Crippen molar-refractivity contribution in [2.45, 2.75) is 64.9 Å². The molecular weight excluding hydrogens is 220 g/mol. The van der Waals surface area contributed by atoms with Gasteiger partial charge in [-0.2, -0.15) is 0 Å². The average molecular weight is 246 g/mol. The molecule has 0 nitrogen and oxygen atoms in total. The maximum Gasteiger partial charge on any atom is 0.0398 e. The Morgan fingerprint density at radius 3 is 1.40 bits per heavy atom. The monoisotopic (exact) mass is 246 g/mol. The third kappa shape index (κ3) is 5.53. The lowest BCUT2D eigenvalue weighted by Gasteiger charge is -2.30. The fraction of sp³-hybridized carbons (Fsp3) is 1.00. The van der Waals surface area contributed by atoms with Crippen molar-refractivity contribution in [2.75, 3.05) is 5.08 Å². The Kier molecular flexibility index (Phi) is 4.51. The van der Waals surface area contributed by atoms with E-state index in [1.165, 1.54) is 17.9 Å². The first-order valence-electron chi connectivity index (χ1n) is 5.91. The van der Waals surface area contributed by atoms with Crippen molar-refractivity contribution < 1.29 is 0 Å². The van der Waals surface area contributed by atoms with E-state index < -0.39 is 0 Å². The van der Waals surface area contributed by atoms with E-state index in [1.807, 2.05) is 0 Å². The highest BCUT2D eigenvalue weighted by Crippen LogP contribution is 2.46. The first-order chi connectivity index (χ1) is 6.67. The summed E-state index contributed by atoms with van der Waals surface area (Å²) in [5.41, 5.74) is 0.970. The van der Waals surface area contributed by atoms with Gasteiger partial charge in [-0.3, -0.25) is 0 Å². The molecule has 0 aromatic rings. The molecule has 2 atom stereocenters. The quantitative estimate of drug-likeness (QED) is 0.670. The van der Waals surface area contributed by atoms with E-state index in [1.54, 1.807) is 0 Å². The molecular formula is C13H26S2. The minimum absolute atomic E-state index is 0.485. The average Bonchev–Trinajstić information content (AvgIpc) is 2.29. The lowest BCUT2D eigenvalue weighted by atomic mass is 9.84. The molecule has 0 saturated carbocycles. The number of hydrogen-bond acceptors (Lipinski definition) is 2. The Bertz CT molecular complexity index is 176. The van der Waals surface area contributed by atoms with Gasteiger partial charge in [0.1, 0.15) is 0 Å². The molecule has 15 heavy (non-hydrogen) atoms. The molecule has 0 N–H and O–H groups in total. The van der Waals surface area contributed by atoms with Gasteiger partial charge in [-0.25, -0.2) is 0 Å². The molecule has 0 spiro atoms. The number of hydrogen-bond donors (Lipinski definition) is 0. The van der Waals surface area contributed by atoms with Crippen molar-refractivity contribution in [1.82, 2.24) is 0 Å². The lowest BCUT2D eigenvalue weighted by molar-refractivity contribution is 0.331. The van der Waals surface area contributed by atoms with Crippen LogP contribution in [0.2, 0.25) is 0 Å². The van der Waals surface area contributed by atoms with Crippen LogP contribution in [0.3, 0.4) is 0 Å². The normalized spacial score (nSPS) is 28.4. The van der Waals surface area contributed by atoms with Crippen molar-refractivity contribution >= 4 is 23.5 Å². The zero-order chi connectivity index (χ0) is 11.7. The van der Waals surface area contributed by atoms with Crippen LogP contribution in [0.4, 0.5) is 0 Å². The molecule has 0 radical (unpaired) electrons. The largest absolute Gasteiger partial charge is 0.146 e. The van der Waals surface area contributed by atoms with Gasteiger partial charge in [-0.15, -0.1) is 23.5 Å². The molecule has 1 fully saturated rings. The Morgan fingerprint density at radius 1 is 0.800 bits per heavy atom. The van der Waals surface area contributed by atoms with Crippen LogP contribution >= 0.6 is 23.5 Å². The molecule has 1 rings (SSSR count).